The Kier molecular flexibility index (Phi) is 11.8. The molecule has 3 rings (SSSR count). The summed E-state index contributed by atoms with van der Waals surface area (Å²) in [6, 6.07) is 9.34. The SMILES string of the molecule is C=C/C=C\c1cc(Cn2cc(C(N)=O)c3cc(F)c(C)cc32)ccc1C.CC(O)OC(CO)CC(O)CO. The van der Waals surface area contributed by atoms with E-state index in [9.17, 15) is 9.18 Å². The Labute approximate surface area is 222 Å². The predicted molar refractivity (Wildman–Crippen MR) is 146 cm³/mol. The van der Waals surface area contributed by atoms with Gasteiger partial charge in [0.2, 0.25) is 0 Å². The molecule has 8 nitrogen and oxygen atoms in total. The zero-order valence-electron chi connectivity index (χ0n) is 22.0. The number of aliphatic hydroxyl groups excluding tert-OH is 4. The van der Waals surface area contributed by atoms with Crippen LogP contribution in [0.4, 0.5) is 4.39 Å². The van der Waals surface area contributed by atoms with Crippen LogP contribution in [0.25, 0.3) is 17.0 Å². The van der Waals surface area contributed by atoms with Crippen molar-refractivity contribution in [2.45, 2.75) is 52.2 Å². The molecule has 206 valence electrons. The highest BCUT2D eigenvalue weighted by Crippen LogP contribution is 2.26. The number of carbonyl (C=O) groups excluding carboxylic acids is 1. The summed E-state index contributed by atoms with van der Waals surface area (Å²) in [7, 11) is 0. The summed E-state index contributed by atoms with van der Waals surface area (Å²) in [5.74, 6) is -0.902. The molecule has 0 saturated carbocycles. The number of fused-ring (bicyclic) bond motifs is 1. The van der Waals surface area contributed by atoms with Gasteiger partial charge in [0.25, 0.3) is 5.91 Å². The van der Waals surface area contributed by atoms with Crippen LogP contribution in [-0.4, -0.2) is 62.6 Å². The second-order valence-electron chi connectivity index (χ2n) is 9.05. The van der Waals surface area contributed by atoms with Crippen molar-refractivity contribution >= 4 is 22.9 Å². The molecule has 38 heavy (non-hydrogen) atoms. The van der Waals surface area contributed by atoms with Gasteiger partial charge in [0.05, 0.1) is 31.0 Å². The fraction of sp³-hybridized carbons (Fsp3) is 0.345. The van der Waals surface area contributed by atoms with E-state index in [2.05, 4.69) is 25.6 Å². The van der Waals surface area contributed by atoms with Gasteiger partial charge in [-0.15, -0.1) is 0 Å². The van der Waals surface area contributed by atoms with Crippen LogP contribution >= 0.6 is 0 Å². The van der Waals surface area contributed by atoms with E-state index in [0.717, 1.165) is 16.6 Å². The maximum atomic E-state index is 14.0. The summed E-state index contributed by atoms with van der Waals surface area (Å²) in [6.45, 7) is 8.76. The molecule has 9 heteroatoms. The van der Waals surface area contributed by atoms with Crippen LogP contribution in [0.2, 0.25) is 0 Å². The molecule has 0 spiro atoms. The van der Waals surface area contributed by atoms with E-state index in [-0.39, 0.29) is 25.5 Å². The highest BCUT2D eigenvalue weighted by Gasteiger charge is 2.16. The number of nitrogens with two attached hydrogens (primary N) is 1. The minimum atomic E-state index is -0.979. The van der Waals surface area contributed by atoms with Crippen LogP contribution in [0.3, 0.4) is 0 Å². The molecular weight excluding hydrogens is 491 g/mol. The molecule has 3 unspecified atom stereocenters. The fourth-order valence-corrected chi connectivity index (χ4v) is 3.91. The van der Waals surface area contributed by atoms with Gasteiger partial charge in [-0.1, -0.05) is 36.9 Å². The van der Waals surface area contributed by atoms with E-state index in [0.29, 0.717) is 23.1 Å². The number of nitrogens with zero attached hydrogens (tertiary/aromatic N) is 1. The monoisotopic (exact) mass is 528 g/mol. The van der Waals surface area contributed by atoms with Crippen molar-refractivity contribution in [2.75, 3.05) is 13.2 Å². The normalized spacial score (nSPS) is 13.7. The van der Waals surface area contributed by atoms with Crippen LogP contribution < -0.4 is 5.73 Å². The van der Waals surface area contributed by atoms with Crippen molar-refractivity contribution in [3.8, 4) is 0 Å². The Morgan fingerprint density at radius 2 is 1.87 bits per heavy atom. The molecule has 0 bridgehead atoms. The lowest BCUT2D eigenvalue weighted by molar-refractivity contribution is -0.146. The summed E-state index contributed by atoms with van der Waals surface area (Å²) < 4.78 is 20.7. The lowest BCUT2D eigenvalue weighted by atomic mass is 10.0. The van der Waals surface area contributed by atoms with Gasteiger partial charge < -0.3 is 35.5 Å². The van der Waals surface area contributed by atoms with E-state index >= 15 is 0 Å². The summed E-state index contributed by atoms with van der Waals surface area (Å²) in [5.41, 5.74) is 10.5. The Bertz CT molecular complexity index is 1270. The van der Waals surface area contributed by atoms with E-state index < -0.39 is 24.4 Å². The summed E-state index contributed by atoms with van der Waals surface area (Å²) in [4.78, 5) is 11.8. The van der Waals surface area contributed by atoms with E-state index in [4.69, 9.17) is 30.9 Å². The van der Waals surface area contributed by atoms with Gasteiger partial charge in [-0.2, -0.15) is 0 Å². The number of primary amides is 1. The van der Waals surface area contributed by atoms with Crippen LogP contribution in [0.15, 0.2) is 55.3 Å². The van der Waals surface area contributed by atoms with E-state index in [1.165, 1.54) is 18.6 Å². The topological polar surface area (TPSA) is 138 Å². The highest BCUT2D eigenvalue weighted by atomic mass is 19.1. The molecule has 2 aromatic carbocycles. The number of aryl methyl sites for hydroxylation is 2. The molecule has 0 radical (unpaired) electrons. The first kappa shape index (κ1) is 30.9. The van der Waals surface area contributed by atoms with Gasteiger partial charge in [-0.05, 0) is 61.2 Å². The highest BCUT2D eigenvalue weighted by molar-refractivity contribution is 6.06. The van der Waals surface area contributed by atoms with E-state index in [1.54, 1.807) is 25.3 Å². The van der Waals surface area contributed by atoms with E-state index in [1.807, 2.05) is 22.8 Å². The number of carbonyl (C=O) groups is 1. The number of hydrogen-bond acceptors (Lipinski definition) is 6. The standard InChI is InChI=1S/C22H21FN2O.C7H16O5/c1-4-5-6-17-10-16(8-7-14(17)2)12-25-13-19(22(24)26)18-11-20(23)15(3)9-21(18)25;1-5(10)12-7(4-9)2-6(11)3-8/h4-11,13H,1,12H2,2-3H3,(H2,24,26);5-11H,2-4H2,1H3/b6-5-;. The first-order valence-electron chi connectivity index (χ1n) is 12.2. The summed E-state index contributed by atoms with van der Waals surface area (Å²) in [5, 5.41) is 35.4. The molecule has 1 aromatic heterocycles. The molecule has 0 fully saturated rings. The molecule has 0 aliphatic carbocycles. The van der Waals surface area contributed by atoms with Gasteiger partial charge >= 0.3 is 0 Å². The van der Waals surface area contributed by atoms with Crippen molar-refractivity contribution in [3.05, 3.63) is 88.9 Å². The Morgan fingerprint density at radius 3 is 2.45 bits per heavy atom. The van der Waals surface area contributed by atoms with Crippen molar-refractivity contribution in [2.24, 2.45) is 5.73 Å². The number of rotatable bonds is 11. The minimum absolute atomic E-state index is 0.109. The number of benzene rings is 2. The third kappa shape index (κ3) is 8.61. The lowest BCUT2D eigenvalue weighted by Gasteiger charge is -2.19. The van der Waals surface area contributed by atoms with Crippen LogP contribution in [0.5, 0.6) is 0 Å². The summed E-state index contributed by atoms with van der Waals surface area (Å²) >= 11 is 0. The number of halogens is 1. The smallest absolute Gasteiger partial charge is 0.250 e. The van der Waals surface area contributed by atoms with Gasteiger partial charge in [0, 0.05) is 30.1 Å². The van der Waals surface area contributed by atoms with Crippen molar-refractivity contribution in [1.29, 1.82) is 0 Å². The third-order valence-electron chi connectivity index (χ3n) is 5.87. The van der Waals surface area contributed by atoms with Gasteiger partial charge in [0.15, 0.2) is 6.29 Å². The molecule has 0 aliphatic rings. The largest absolute Gasteiger partial charge is 0.394 e. The zero-order valence-corrected chi connectivity index (χ0v) is 22.0. The number of aromatic nitrogens is 1. The number of amides is 1. The van der Waals surface area contributed by atoms with Gasteiger partial charge in [-0.3, -0.25) is 4.79 Å². The number of hydrogen-bond donors (Lipinski definition) is 5. The second-order valence-corrected chi connectivity index (χ2v) is 9.05. The Hall–Kier alpha value is -3.34. The average molecular weight is 529 g/mol. The average Bonchev–Trinajstić information content (AvgIpc) is 3.21. The number of ether oxygens (including phenoxy) is 1. The van der Waals surface area contributed by atoms with Crippen molar-refractivity contribution in [1.82, 2.24) is 4.57 Å². The molecule has 0 aliphatic heterocycles. The molecule has 0 saturated heterocycles. The Balaban J connectivity index is 0.000000358. The lowest BCUT2D eigenvalue weighted by Crippen LogP contribution is -2.29. The quantitative estimate of drug-likeness (QED) is 0.191. The molecule has 3 atom stereocenters. The van der Waals surface area contributed by atoms with Crippen LogP contribution in [0, 0.1) is 19.7 Å². The second kappa shape index (κ2) is 14.6. The maximum absolute atomic E-state index is 14.0. The first-order chi connectivity index (χ1) is 18.0. The molecular formula is C29H37FN2O6. The first-order valence-corrected chi connectivity index (χ1v) is 12.2. The number of aliphatic hydroxyl groups is 4. The minimum Gasteiger partial charge on any atom is -0.394 e. The van der Waals surface area contributed by atoms with Gasteiger partial charge in [-0.25, -0.2) is 4.39 Å². The molecule has 1 heterocycles. The molecule has 3 aromatic rings. The van der Waals surface area contributed by atoms with Gasteiger partial charge in [0.1, 0.15) is 5.82 Å². The fourth-order valence-electron chi connectivity index (χ4n) is 3.91. The number of allylic oxidation sites excluding steroid dienone is 2. The molecule has 6 N–H and O–H groups in total. The Morgan fingerprint density at radius 1 is 1.16 bits per heavy atom. The van der Waals surface area contributed by atoms with Crippen LogP contribution in [0.1, 0.15) is 46.0 Å². The molecule has 1 amide bonds. The summed E-state index contributed by atoms with van der Waals surface area (Å²) in [6.07, 6.45) is 4.93. The maximum Gasteiger partial charge on any atom is 0.250 e. The van der Waals surface area contributed by atoms with Crippen molar-refractivity contribution < 1.29 is 34.3 Å². The third-order valence-corrected chi connectivity index (χ3v) is 5.87. The van der Waals surface area contributed by atoms with Crippen LogP contribution in [-0.2, 0) is 11.3 Å². The zero-order chi connectivity index (χ0) is 28.4. The van der Waals surface area contributed by atoms with Crippen molar-refractivity contribution in [3.63, 3.8) is 0 Å². The predicted octanol–water partition coefficient (Wildman–Crippen LogP) is 3.19.